The van der Waals surface area contributed by atoms with E-state index < -0.39 is 11.2 Å². The highest BCUT2D eigenvalue weighted by Crippen LogP contribution is 2.45. The van der Waals surface area contributed by atoms with Crippen molar-refractivity contribution in [3.63, 3.8) is 0 Å². The van der Waals surface area contributed by atoms with Crippen LogP contribution in [0.1, 0.15) is 27.7 Å². The van der Waals surface area contributed by atoms with E-state index in [-0.39, 0.29) is 34.2 Å². The van der Waals surface area contributed by atoms with Gasteiger partial charge in [-0.15, -0.1) is 0 Å². The van der Waals surface area contributed by atoms with Crippen LogP contribution in [0.3, 0.4) is 0 Å². The van der Waals surface area contributed by atoms with Crippen LogP contribution < -0.4 is 0 Å². The zero-order valence-electron chi connectivity index (χ0n) is 17.2. The summed E-state index contributed by atoms with van der Waals surface area (Å²) in [5.74, 6) is -0.0750. The van der Waals surface area contributed by atoms with E-state index in [0.717, 1.165) is 0 Å². The van der Waals surface area contributed by atoms with Crippen molar-refractivity contribution in [2.24, 2.45) is 0 Å². The van der Waals surface area contributed by atoms with Gasteiger partial charge in [0, 0.05) is 11.6 Å². The van der Waals surface area contributed by atoms with Crippen LogP contribution in [0.15, 0.2) is 57.6 Å². The van der Waals surface area contributed by atoms with E-state index >= 15 is 0 Å². The average Bonchev–Trinajstić information content (AvgIpc) is 3.13. The summed E-state index contributed by atoms with van der Waals surface area (Å²) >= 11 is 0. The van der Waals surface area contributed by atoms with Crippen molar-refractivity contribution in [2.45, 2.75) is 38.9 Å². The Balaban J connectivity index is 2.61. The highest BCUT2D eigenvalue weighted by Gasteiger charge is 2.51. The van der Waals surface area contributed by atoms with E-state index in [9.17, 15) is 10.5 Å². The van der Waals surface area contributed by atoms with Crippen LogP contribution in [0.5, 0.6) is 0 Å². The molecule has 0 spiro atoms. The van der Waals surface area contributed by atoms with Gasteiger partial charge in [-0.05, 0) is 39.8 Å². The minimum atomic E-state index is -0.975. The molecule has 31 heavy (non-hydrogen) atoms. The maximum atomic E-state index is 9.58. The molecule has 8 heteroatoms. The van der Waals surface area contributed by atoms with Crippen LogP contribution in [-0.2, 0) is 9.47 Å². The van der Waals surface area contributed by atoms with Gasteiger partial charge in [0.15, 0.2) is 35.1 Å². The van der Waals surface area contributed by atoms with Crippen molar-refractivity contribution < 1.29 is 9.47 Å². The molecule has 0 amide bonds. The molecule has 2 rings (SSSR count). The molecule has 8 nitrogen and oxygen atoms in total. The largest absolute Gasteiger partial charge is 0.480 e. The molecule has 2 aliphatic heterocycles. The smallest absolute Gasteiger partial charge is 0.281 e. The van der Waals surface area contributed by atoms with Crippen LogP contribution in [0.25, 0.3) is 0 Å². The van der Waals surface area contributed by atoms with Gasteiger partial charge in [0.1, 0.15) is 35.0 Å². The first-order chi connectivity index (χ1) is 14.6. The third-order valence-corrected chi connectivity index (χ3v) is 4.66. The summed E-state index contributed by atoms with van der Waals surface area (Å²) in [5, 5.41) is 55.7. The van der Waals surface area contributed by atoms with Crippen LogP contribution in [-0.4, -0.2) is 11.2 Å². The first kappa shape index (κ1) is 22.4. The van der Waals surface area contributed by atoms with Crippen molar-refractivity contribution in [2.75, 3.05) is 0 Å². The number of rotatable bonds is 2. The first-order valence-electron chi connectivity index (χ1n) is 8.90. The normalized spacial score (nSPS) is 19.4. The van der Waals surface area contributed by atoms with Crippen LogP contribution in [0, 0.1) is 73.9 Å². The second-order valence-electron chi connectivity index (χ2n) is 7.41. The van der Waals surface area contributed by atoms with Crippen molar-refractivity contribution in [3.05, 3.63) is 63.5 Å². The van der Waals surface area contributed by atoms with Gasteiger partial charge in [-0.1, -0.05) is 0 Å². The molecule has 0 radical (unpaired) electrons. The van der Waals surface area contributed by atoms with Crippen molar-refractivity contribution in [3.8, 4) is 36.4 Å². The highest BCUT2D eigenvalue weighted by molar-refractivity contribution is 5.63. The zero-order chi connectivity index (χ0) is 23.4. The van der Waals surface area contributed by atoms with E-state index in [0.29, 0.717) is 11.1 Å². The molecule has 0 atom stereocenters. The molecule has 2 aliphatic rings. The predicted octanol–water partition coefficient (Wildman–Crippen LogP) is 3.61. The van der Waals surface area contributed by atoms with Gasteiger partial charge in [-0.25, -0.2) is 0 Å². The number of ether oxygens (including phenoxy) is 2. The maximum absolute atomic E-state index is 9.58. The van der Waals surface area contributed by atoms with Gasteiger partial charge < -0.3 is 9.47 Å². The predicted molar refractivity (Wildman–Crippen MR) is 106 cm³/mol. The number of allylic oxidation sites excluding steroid dienone is 6. The molecule has 0 unspecified atom stereocenters. The molecular weight excluding hydrogens is 392 g/mol. The molecule has 1 saturated heterocycles. The number of nitrogens with zero attached hydrogens (tertiary/aromatic N) is 6. The Morgan fingerprint density at radius 3 is 1.90 bits per heavy atom. The van der Waals surface area contributed by atoms with Crippen molar-refractivity contribution in [1.82, 2.24) is 0 Å². The summed E-state index contributed by atoms with van der Waals surface area (Å²) in [6.07, 6.45) is 4.76. The molecule has 0 aromatic heterocycles. The summed E-state index contributed by atoms with van der Waals surface area (Å²) < 4.78 is 11.4. The molecule has 0 bridgehead atoms. The van der Waals surface area contributed by atoms with E-state index in [1.807, 2.05) is 12.1 Å². The Labute approximate surface area is 180 Å². The third-order valence-electron chi connectivity index (χ3n) is 4.66. The van der Waals surface area contributed by atoms with Gasteiger partial charge in [-0.3, -0.25) is 0 Å². The van der Waals surface area contributed by atoms with Crippen LogP contribution in [0.4, 0.5) is 0 Å². The molecule has 0 aliphatic carbocycles. The molecule has 0 saturated carbocycles. The Morgan fingerprint density at radius 2 is 1.42 bits per heavy atom. The Bertz CT molecular complexity index is 1210. The van der Waals surface area contributed by atoms with Gasteiger partial charge in [0.25, 0.3) is 11.3 Å². The van der Waals surface area contributed by atoms with E-state index in [4.69, 9.17) is 30.5 Å². The quantitative estimate of drug-likeness (QED) is 0.495. The second kappa shape index (κ2) is 8.23. The molecular formula is C23H15N6O2+. The summed E-state index contributed by atoms with van der Waals surface area (Å²) in [6, 6.07) is 10.9. The molecule has 1 fully saturated rings. The fraction of sp³-hybridized carbons (Fsp3) is 0.261. The SMILES string of the molecule is CC1(C)OC(=C(C#N)C#N)C(C#N)=C1/C=C/C=C1/[C+](C#N)C(=C(C#N)C#N)OC1(C)C. The minimum Gasteiger partial charge on any atom is -0.480 e. The molecule has 2 heterocycles. The summed E-state index contributed by atoms with van der Waals surface area (Å²) in [7, 11) is 0. The average molecular weight is 407 g/mol. The third kappa shape index (κ3) is 3.84. The fourth-order valence-corrected chi connectivity index (χ4v) is 3.20. The van der Waals surface area contributed by atoms with E-state index in [1.165, 1.54) is 0 Å². The lowest BCUT2D eigenvalue weighted by atomic mass is 9.88. The van der Waals surface area contributed by atoms with Gasteiger partial charge in [-0.2, -0.15) is 31.6 Å². The van der Waals surface area contributed by atoms with Gasteiger partial charge in [0.2, 0.25) is 5.92 Å². The van der Waals surface area contributed by atoms with Gasteiger partial charge in [0.05, 0.1) is 0 Å². The minimum absolute atomic E-state index is 0.0704. The fourth-order valence-electron chi connectivity index (χ4n) is 3.20. The number of nitriles is 6. The topological polar surface area (TPSA) is 161 Å². The summed E-state index contributed by atoms with van der Waals surface area (Å²) in [5.41, 5.74) is -1.58. The summed E-state index contributed by atoms with van der Waals surface area (Å²) in [4.78, 5) is 0. The van der Waals surface area contributed by atoms with Crippen molar-refractivity contribution >= 4 is 0 Å². The van der Waals surface area contributed by atoms with E-state index in [2.05, 4.69) is 0 Å². The molecule has 0 aromatic rings. The Kier molecular flexibility index (Phi) is 5.95. The zero-order valence-corrected chi connectivity index (χ0v) is 17.2. The first-order valence-corrected chi connectivity index (χ1v) is 8.90. The van der Waals surface area contributed by atoms with Crippen molar-refractivity contribution in [1.29, 1.82) is 31.6 Å². The van der Waals surface area contributed by atoms with Crippen LogP contribution >= 0.6 is 0 Å². The van der Waals surface area contributed by atoms with Crippen LogP contribution in [0.2, 0.25) is 0 Å². The highest BCUT2D eigenvalue weighted by atomic mass is 16.5. The Hall–Kier alpha value is -4.89. The lowest BCUT2D eigenvalue weighted by Gasteiger charge is -2.20. The van der Waals surface area contributed by atoms with Gasteiger partial charge >= 0.3 is 0 Å². The monoisotopic (exact) mass is 407 g/mol. The Morgan fingerprint density at radius 1 is 0.839 bits per heavy atom. The second-order valence-corrected chi connectivity index (χ2v) is 7.41. The maximum Gasteiger partial charge on any atom is 0.281 e. The summed E-state index contributed by atoms with van der Waals surface area (Å²) in [6.45, 7) is 6.77. The number of hydrogen-bond acceptors (Lipinski definition) is 8. The molecule has 148 valence electrons. The lowest BCUT2D eigenvalue weighted by Crippen LogP contribution is -2.21. The molecule has 0 N–H and O–H groups in total. The number of hydrogen-bond donors (Lipinski definition) is 0. The van der Waals surface area contributed by atoms with E-state index in [1.54, 1.807) is 70.2 Å². The lowest BCUT2D eigenvalue weighted by molar-refractivity contribution is 0.0954. The molecule has 0 aromatic carbocycles. The standard InChI is InChI=1S/C23H15N6O2/c1-22(2)18(16(12-28)20(30-22)14(8-24)9-25)6-5-7-19-17(13-29)21(15(10-26)11-27)31-23(19,3)4/h5-7H,1-4H3/q+1/b6-5+,19-7-.